The molecule has 0 spiro atoms. The Morgan fingerprint density at radius 3 is 2.40 bits per heavy atom. The van der Waals surface area contributed by atoms with Crippen molar-refractivity contribution in [1.82, 2.24) is 10.2 Å². The summed E-state index contributed by atoms with van der Waals surface area (Å²) in [6, 6.07) is 11.8. The number of halogens is 1. The second-order valence-corrected chi connectivity index (χ2v) is 7.62. The van der Waals surface area contributed by atoms with Crippen LogP contribution >= 0.6 is 0 Å². The fraction of sp³-hybridized carbons (Fsp3) is 0.375. The van der Waals surface area contributed by atoms with Gasteiger partial charge in [0.05, 0.1) is 14.2 Å². The lowest BCUT2D eigenvalue weighted by molar-refractivity contribution is 0.0756. The van der Waals surface area contributed by atoms with Crippen molar-refractivity contribution in [2.24, 2.45) is 0 Å². The maximum Gasteiger partial charge on any atom is 0.254 e. The highest BCUT2D eigenvalue weighted by molar-refractivity contribution is 5.95. The average molecular weight is 413 g/mol. The molecule has 1 atom stereocenters. The summed E-state index contributed by atoms with van der Waals surface area (Å²) in [5.41, 5.74) is 2.45. The van der Waals surface area contributed by atoms with Gasteiger partial charge in [-0.15, -0.1) is 0 Å². The molecule has 5 nitrogen and oxygen atoms in total. The Hall–Kier alpha value is -2.86. The number of hydrogen-bond donors (Lipinski definition) is 1. The molecular weight excluding hydrogens is 383 g/mol. The zero-order valence-corrected chi connectivity index (χ0v) is 17.8. The third kappa shape index (κ3) is 5.83. The van der Waals surface area contributed by atoms with Gasteiger partial charge < -0.3 is 19.7 Å². The summed E-state index contributed by atoms with van der Waals surface area (Å²) < 4.78 is 23.8. The summed E-state index contributed by atoms with van der Waals surface area (Å²) in [6.45, 7) is 4.06. The molecule has 1 fully saturated rings. The van der Waals surface area contributed by atoms with Crippen LogP contribution in [-0.2, 0) is 0 Å². The van der Waals surface area contributed by atoms with E-state index in [2.05, 4.69) is 5.32 Å². The predicted molar refractivity (Wildman–Crippen MR) is 117 cm³/mol. The van der Waals surface area contributed by atoms with E-state index in [1.54, 1.807) is 44.6 Å². The highest BCUT2D eigenvalue weighted by Gasteiger charge is 2.23. The second kappa shape index (κ2) is 10.3. The van der Waals surface area contributed by atoms with Crippen molar-refractivity contribution in [2.45, 2.75) is 25.8 Å². The molecule has 6 heteroatoms. The molecule has 1 N–H and O–H groups in total. The number of benzene rings is 2. The quantitative estimate of drug-likeness (QED) is 0.708. The first kappa shape index (κ1) is 21.8. The van der Waals surface area contributed by atoms with Crippen molar-refractivity contribution in [3.63, 3.8) is 0 Å². The van der Waals surface area contributed by atoms with Crippen LogP contribution in [0, 0.1) is 5.82 Å². The minimum atomic E-state index is -0.263. The Bertz CT molecular complexity index is 868. The van der Waals surface area contributed by atoms with Crippen LogP contribution in [0.15, 0.2) is 48.0 Å². The van der Waals surface area contributed by atoms with Gasteiger partial charge in [0.25, 0.3) is 5.91 Å². The van der Waals surface area contributed by atoms with Crippen molar-refractivity contribution < 1.29 is 18.7 Å². The summed E-state index contributed by atoms with van der Waals surface area (Å²) in [4.78, 5) is 15.3. The lowest BCUT2D eigenvalue weighted by atomic mass is 10.1. The van der Waals surface area contributed by atoms with E-state index in [1.807, 2.05) is 17.9 Å². The van der Waals surface area contributed by atoms with Gasteiger partial charge >= 0.3 is 0 Å². The van der Waals surface area contributed by atoms with Crippen LogP contribution < -0.4 is 14.8 Å². The number of ether oxygens (including phenoxy) is 2. The normalized spacial score (nSPS) is 16.4. The van der Waals surface area contributed by atoms with Gasteiger partial charge in [-0.3, -0.25) is 4.79 Å². The Kier molecular flexibility index (Phi) is 7.46. The van der Waals surface area contributed by atoms with E-state index in [1.165, 1.54) is 12.1 Å². The third-order valence-electron chi connectivity index (χ3n) is 5.21. The Morgan fingerprint density at radius 2 is 1.83 bits per heavy atom. The van der Waals surface area contributed by atoms with Crippen LogP contribution in [0.4, 0.5) is 4.39 Å². The minimum absolute atomic E-state index is 0.0762. The summed E-state index contributed by atoms with van der Waals surface area (Å²) in [5, 5.41) is 3.46. The number of amides is 1. The van der Waals surface area contributed by atoms with Crippen molar-refractivity contribution >= 4 is 12.0 Å². The van der Waals surface area contributed by atoms with E-state index >= 15 is 0 Å². The molecule has 1 aliphatic heterocycles. The summed E-state index contributed by atoms with van der Waals surface area (Å²) in [7, 11) is 3.14. The van der Waals surface area contributed by atoms with Gasteiger partial charge in [0.2, 0.25) is 0 Å². The van der Waals surface area contributed by atoms with E-state index in [9.17, 15) is 9.18 Å². The molecule has 0 radical (unpaired) electrons. The zero-order valence-electron chi connectivity index (χ0n) is 17.8. The monoisotopic (exact) mass is 412 g/mol. The van der Waals surface area contributed by atoms with E-state index < -0.39 is 0 Å². The minimum Gasteiger partial charge on any atom is -0.497 e. The van der Waals surface area contributed by atoms with Crippen molar-refractivity contribution in [3.8, 4) is 11.5 Å². The molecule has 1 saturated heterocycles. The highest BCUT2D eigenvalue weighted by atomic mass is 19.1. The van der Waals surface area contributed by atoms with Gasteiger partial charge in [-0.1, -0.05) is 23.8 Å². The molecule has 0 aromatic heterocycles. The molecule has 1 heterocycles. The molecule has 1 unspecified atom stereocenters. The van der Waals surface area contributed by atoms with E-state index in [0.29, 0.717) is 30.2 Å². The molecule has 1 amide bonds. The SMILES string of the molecule is COc1cc(OC)cc(C(=O)N(C/C(C)=C/c2ccc(F)cc2)CC2CCCN2)c1. The topological polar surface area (TPSA) is 50.8 Å². The molecule has 0 saturated carbocycles. The summed E-state index contributed by atoms with van der Waals surface area (Å²) >= 11 is 0. The Labute approximate surface area is 177 Å². The van der Waals surface area contributed by atoms with Crippen molar-refractivity contribution in [1.29, 1.82) is 0 Å². The number of carbonyl (C=O) groups is 1. The van der Waals surface area contributed by atoms with Gasteiger partial charge in [0.1, 0.15) is 17.3 Å². The number of nitrogens with zero attached hydrogens (tertiary/aromatic N) is 1. The van der Waals surface area contributed by atoms with Crippen LogP contribution in [0.3, 0.4) is 0 Å². The number of carbonyl (C=O) groups excluding carboxylic acids is 1. The number of rotatable bonds is 8. The zero-order chi connectivity index (χ0) is 21.5. The fourth-order valence-corrected chi connectivity index (χ4v) is 3.70. The molecule has 160 valence electrons. The first-order valence-corrected chi connectivity index (χ1v) is 10.2. The van der Waals surface area contributed by atoms with Gasteiger partial charge in [0.15, 0.2) is 0 Å². The molecule has 0 bridgehead atoms. The molecule has 1 aliphatic rings. The van der Waals surface area contributed by atoms with Crippen LogP contribution in [-0.4, -0.2) is 50.7 Å². The number of nitrogens with one attached hydrogen (secondary N) is 1. The molecule has 3 rings (SSSR count). The summed E-state index contributed by atoms with van der Waals surface area (Å²) in [6.07, 6.45) is 4.14. The van der Waals surface area contributed by atoms with E-state index in [4.69, 9.17) is 9.47 Å². The van der Waals surface area contributed by atoms with Gasteiger partial charge in [-0.2, -0.15) is 0 Å². The molecule has 30 heavy (non-hydrogen) atoms. The number of methoxy groups -OCH3 is 2. The molecule has 2 aromatic carbocycles. The van der Waals surface area contributed by atoms with Crippen LogP contribution in [0.25, 0.3) is 6.08 Å². The predicted octanol–water partition coefficient (Wildman–Crippen LogP) is 4.14. The van der Waals surface area contributed by atoms with E-state index in [-0.39, 0.29) is 17.8 Å². The largest absolute Gasteiger partial charge is 0.497 e. The molecule has 0 aliphatic carbocycles. The van der Waals surface area contributed by atoms with Crippen LogP contribution in [0.2, 0.25) is 0 Å². The fourth-order valence-electron chi connectivity index (χ4n) is 3.70. The first-order valence-electron chi connectivity index (χ1n) is 10.2. The molecular formula is C24H29FN2O3. The highest BCUT2D eigenvalue weighted by Crippen LogP contribution is 2.24. The first-order chi connectivity index (χ1) is 14.5. The summed E-state index contributed by atoms with van der Waals surface area (Å²) in [5.74, 6) is 0.819. The smallest absolute Gasteiger partial charge is 0.254 e. The Balaban J connectivity index is 1.84. The van der Waals surface area contributed by atoms with E-state index in [0.717, 1.165) is 30.5 Å². The van der Waals surface area contributed by atoms with Crippen molar-refractivity contribution in [2.75, 3.05) is 33.9 Å². The van der Waals surface area contributed by atoms with Gasteiger partial charge in [0, 0.05) is 30.8 Å². The lowest BCUT2D eigenvalue weighted by Crippen LogP contribution is -2.42. The maximum absolute atomic E-state index is 13.4. The Morgan fingerprint density at radius 1 is 1.17 bits per heavy atom. The molecule has 2 aromatic rings. The van der Waals surface area contributed by atoms with Gasteiger partial charge in [-0.05, 0) is 56.1 Å². The maximum atomic E-state index is 13.4. The van der Waals surface area contributed by atoms with Crippen molar-refractivity contribution in [3.05, 3.63) is 65.0 Å². The van der Waals surface area contributed by atoms with Gasteiger partial charge in [-0.25, -0.2) is 4.39 Å². The second-order valence-electron chi connectivity index (χ2n) is 7.62. The van der Waals surface area contributed by atoms with Crippen LogP contribution in [0.1, 0.15) is 35.7 Å². The third-order valence-corrected chi connectivity index (χ3v) is 5.21. The number of hydrogen-bond acceptors (Lipinski definition) is 4. The van der Waals surface area contributed by atoms with Crippen LogP contribution in [0.5, 0.6) is 11.5 Å². The standard InChI is InChI=1S/C24H29FN2O3/c1-17(11-18-6-8-20(25)9-7-18)15-27(16-21-5-4-10-26-21)24(28)19-12-22(29-2)14-23(13-19)30-3/h6-9,11-14,21,26H,4-5,10,15-16H2,1-3H3/b17-11+. The average Bonchev–Trinajstić information content (AvgIpc) is 3.27. The lowest BCUT2D eigenvalue weighted by Gasteiger charge is -2.27.